The van der Waals surface area contributed by atoms with E-state index in [1.165, 1.54) is 0 Å². The summed E-state index contributed by atoms with van der Waals surface area (Å²) in [5.74, 6) is 4.45. The summed E-state index contributed by atoms with van der Waals surface area (Å²) in [6.07, 6.45) is 4.13. The maximum absolute atomic E-state index is 11.9. The first-order valence-corrected chi connectivity index (χ1v) is 13.4. The number of hydrogen-bond donors (Lipinski definition) is 3. The fourth-order valence-electron chi connectivity index (χ4n) is 3.87. The molecule has 0 saturated heterocycles. The number of hydrogen-bond acceptors (Lipinski definition) is 9. The summed E-state index contributed by atoms with van der Waals surface area (Å²) in [7, 11) is 0. The zero-order valence-corrected chi connectivity index (χ0v) is 24.4. The summed E-state index contributed by atoms with van der Waals surface area (Å²) >= 11 is 0. The lowest BCUT2D eigenvalue weighted by molar-refractivity contribution is -0.153. The van der Waals surface area contributed by atoms with E-state index in [0.29, 0.717) is 37.4 Å². The van der Waals surface area contributed by atoms with E-state index in [0.717, 1.165) is 25.7 Å². The Hall–Kier alpha value is -2.98. The minimum absolute atomic E-state index is 0. The van der Waals surface area contributed by atoms with Crippen LogP contribution in [0.3, 0.4) is 0 Å². The van der Waals surface area contributed by atoms with Crippen molar-refractivity contribution in [2.45, 2.75) is 52.1 Å². The lowest BCUT2D eigenvalue weighted by Crippen LogP contribution is -2.35. The Morgan fingerprint density at radius 3 is 1.57 bits per heavy atom. The third kappa shape index (κ3) is 11.6. The Balaban J connectivity index is 0.000000290. The molecule has 0 atom stereocenters. The van der Waals surface area contributed by atoms with Crippen molar-refractivity contribution in [1.29, 1.82) is 0 Å². The largest absolute Gasteiger partial charge is 0.461 e. The van der Waals surface area contributed by atoms with Gasteiger partial charge in [-0.3, -0.25) is 16.1 Å². The number of nitrogens with one attached hydrogen (secondary N) is 2. The van der Waals surface area contributed by atoms with Crippen LogP contribution in [0.1, 0.15) is 67.2 Å². The molecule has 40 heavy (non-hydrogen) atoms. The first kappa shape index (κ1) is 33.2. The van der Waals surface area contributed by atoms with Gasteiger partial charge in [0.25, 0.3) is 0 Å². The van der Waals surface area contributed by atoms with Gasteiger partial charge in [0.15, 0.2) is 0 Å². The van der Waals surface area contributed by atoms with Gasteiger partial charge in [-0.15, -0.1) is 12.4 Å². The van der Waals surface area contributed by atoms with Gasteiger partial charge in [0, 0.05) is 23.9 Å². The minimum Gasteiger partial charge on any atom is -0.461 e. The molecule has 220 valence electrons. The predicted molar refractivity (Wildman–Crippen MR) is 155 cm³/mol. The van der Waals surface area contributed by atoms with Crippen molar-refractivity contribution < 1.29 is 28.6 Å². The summed E-state index contributed by atoms with van der Waals surface area (Å²) in [5, 5.41) is 3.11. The van der Waals surface area contributed by atoms with Crippen LogP contribution in [0.4, 0.5) is 0 Å². The van der Waals surface area contributed by atoms with Crippen LogP contribution in [0.15, 0.2) is 60.7 Å². The van der Waals surface area contributed by atoms with Crippen molar-refractivity contribution in [2.75, 3.05) is 32.8 Å². The Morgan fingerprint density at radius 1 is 0.775 bits per heavy atom. The summed E-state index contributed by atoms with van der Waals surface area (Å²) < 4.78 is 15.9. The minimum atomic E-state index is -0.471. The normalized spacial score (nSPS) is 15.8. The second kappa shape index (κ2) is 15.1. The third-order valence-corrected chi connectivity index (χ3v) is 6.62. The van der Waals surface area contributed by atoms with Crippen LogP contribution in [-0.2, 0) is 19.0 Å². The molecule has 0 bridgehead atoms. The van der Waals surface area contributed by atoms with Crippen LogP contribution in [0.5, 0.6) is 0 Å². The molecular formula is C30H42ClN3O6. The highest BCUT2D eigenvalue weighted by Crippen LogP contribution is 2.45. The second-order valence-electron chi connectivity index (χ2n) is 11.5. The fraction of sp³-hybridized carbons (Fsp3) is 0.500. The molecule has 4 rings (SSSR count). The van der Waals surface area contributed by atoms with Crippen LogP contribution < -0.4 is 16.6 Å². The van der Waals surface area contributed by atoms with Crippen LogP contribution >= 0.6 is 12.4 Å². The molecule has 0 aliphatic heterocycles. The third-order valence-electron chi connectivity index (χ3n) is 6.62. The molecule has 0 radical (unpaired) electrons. The number of benzene rings is 2. The van der Waals surface area contributed by atoms with Crippen molar-refractivity contribution in [2.24, 2.45) is 16.7 Å². The lowest BCUT2D eigenvalue weighted by atomic mass is 10.1. The number of nitrogens with two attached hydrogens (primary N) is 1. The van der Waals surface area contributed by atoms with Crippen molar-refractivity contribution in [3.8, 4) is 0 Å². The van der Waals surface area contributed by atoms with Crippen LogP contribution in [-0.4, -0.2) is 56.4 Å². The smallest absolute Gasteiger partial charge is 0.338 e. The summed E-state index contributed by atoms with van der Waals surface area (Å²) in [6.45, 7) is 7.88. The van der Waals surface area contributed by atoms with Crippen LogP contribution in [0.2, 0.25) is 0 Å². The van der Waals surface area contributed by atoms with Crippen LogP contribution in [0, 0.1) is 10.8 Å². The molecule has 9 nitrogen and oxygen atoms in total. The Labute approximate surface area is 242 Å². The monoisotopic (exact) mass is 575 g/mol. The summed E-state index contributed by atoms with van der Waals surface area (Å²) in [4.78, 5) is 35.2. The van der Waals surface area contributed by atoms with E-state index < -0.39 is 5.60 Å². The van der Waals surface area contributed by atoms with Gasteiger partial charge in [-0.25, -0.2) is 9.59 Å². The lowest BCUT2D eigenvalue weighted by Gasteiger charge is -2.20. The average Bonchev–Trinajstić information content (AvgIpc) is 3.85. The van der Waals surface area contributed by atoms with E-state index in [9.17, 15) is 14.4 Å². The van der Waals surface area contributed by atoms with Gasteiger partial charge in [0.2, 0.25) is 0 Å². The van der Waals surface area contributed by atoms with E-state index in [4.69, 9.17) is 20.1 Å². The van der Waals surface area contributed by atoms with E-state index in [-0.39, 0.29) is 47.7 Å². The maximum atomic E-state index is 11.9. The highest BCUT2D eigenvalue weighted by molar-refractivity contribution is 5.89. The molecule has 2 aliphatic carbocycles. The first-order valence-electron chi connectivity index (χ1n) is 13.4. The number of rotatable bonds is 12. The zero-order chi connectivity index (χ0) is 28.4. The van der Waals surface area contributed by atoms with Gasteiger partial charge < -0.3 is 19.5 Å². The highest BCUT2D eigenvalue weighted by atomic mass is 35.5. The number of halogens is 1. The topological polar surface area (TPSA) is 129 Å². The number of ether oxygens (including phenoxy) is 3. The number of carbonyl (C=O) groups is 3. The van der Waals surface area contributed by atoms with E-state index in [2.05, 4.69) is 10.7 Å². The molecule has 0 unspecified atom stereocenters. The molecule has 4 N–H and O–H groups in total. The molecule has 2 aromatic carbocycles. The standard InChI is InChI=1S/C18H25NO4.C12H16N2O2.ClH/c1-17(2,3)23-15(20)11-19-12-18(9-10-18)13-22-16(21)14-7-5-4-6-8-14;13-14-8-12(6-7-12)9-16-11(15)10-4-2-1-3-5-10;/h4-8,19H,9-13H2,1-3H3;1-5,14H,6-9,13H2;1H. The summed E-state index contributed by atoms with van der Waals surface area (Å²) in [5.41, 5.74) is 3.38. The Morgan fingerprint density at radius 2 is 1.20 bits per heavy atom. The SMILES string of the molecule is CC(C)(C)OC(=O)CNCC1(COC(=O)c2ccccc2)CC1.Cl.NNCC1(COC(=O)c2ccccc2)CC1. The molecule has 0 amide bonds. The van der Waals surface area contributed by atoms with Gasteiger partial charge in [-0.1, -0.05) is 36.4 Å². The molecule has 2 saturated carbocycles. The molecule has 2 fully saturated rings. The molecule has 0 aromatic heterocycles. The molecule has 2 aromatic rings. The molecule has 0 heterocycles. The van der Waals surface area contributed by atoms with Crippen molar-refractivity contribution in [3.05, 3.63) is 71.8 Å². The van der Waals surface area contributed by atoms with Gasteiger partial charge in [-0.05, 0) is 70.7 Å². The van der Waals surface area contributed by atoms with E-state index in [1.807, 2.05) is 57.2 Å². The Bertz CT molecular complexity index is 1080. The molecular weight excluding hydrogens is 534 g/mol. The van der Waals surface area contributed by atoms with Crippen LogP contribution in [0.25, 0.3) is 0 Å². The summed E-state index contributed by atoms with van der Waals surface area (Å²) in [6, 6.07) is 18.0. The van der Waals surface area contributed by atoms with E-state index in [1.54, 1.807) is 24.3 Å². The number of hydrazine groups is 1. The molecule has 2 aliphatic rings. The predicted octanol–water partition coefficient (Wildman–Crippen LogP) is 4.06. The second-order valence-corrected chi connectivity index (χ2v) is 11.5. The molecule has 0 spiro atoms. The Kier molecular flexibility index (Phi) is 12.6. The quantitative estimate of drug-likeness (QED) is 0.148. The number of carbonyl (C=O) groups excluding carboxylic acids is 3. The van der Waals surface area contributed by atoms with Gasteiger partial charge in [0.05, 0.1) is 30.9 Å². The van der Waals surface area contributed by atoms with Gasteiger partial charge in [-0.2, -0.15) is 0 Å². The van der Waals surface area contributed by atoms with E-state index >= 15 is 0 Å². The van der Waals surface area contributed by atoms with Gasteiger partial charge in [0.1, 0.15) is 5.60 Å². The molecule has 10 heteroatoms. The van der Waals surface area contributed by atoms with Crippen molar-refractivity contribution >= 4 is 30.3 Å². The van der Waals surface area contributed by atoms with Crippen molar-refractivity contribution in [1.82, 2.24) is 10.7 Å². The maximum Gasteiger partial charge on any atom is 0.338 e. The van der Waals surface area contributed by atoms with Crippen molar-refractivity contribution in [3.63, 3.8) is 0 Å². The average molecular weight is 576 g/mol. The van der Waals surface area contributed by atoms with Gasteiger partial charge >= 0.3 is 17.9 Å². The zero-order valence-electron chi connectivity index (χ0n) is 23.6. The number of esters is 3. The first-order chi connectivity index (χ1) is 18.6. The fourth-order valence-corrected chi connectivity index (χ4v) is 3.87. The highest BCUT2D eigenvalue weighted by Gasteiger charge is 2.44.